The van der Waals surface area contributed by atoms with E-state index in [4.69, 9.17) is 5.11 Å². The highest BCUT2D eigenvalue weighted by Crippen LogP contribution is 2.15. The summed E-state index contributed by atoms with van der Waals surface area (Å²) >= 11 is 1.53. The fourth-order valence-electron chi connectivity index (χ4n) is 1.54. The zero-order valence-corrected chi connectivity index (χ0v) is 11.9. The van der Waals surface area contributed by atoms with Crippen molar-refractivity contribution >= 4 is 29.4 Å². The number of urea groups is 1. The smallest absolute Gasteiger partial charge is 0.326 e. The number of carbonyl (C=O) groups is 2. The van der Waals surface area contributed by atoms with Crippen LogP contribution in [0.1, 0.15) is 17.8 Å². The van der Waals surface area contributed by atoms with E-state index in [9.17, 15) is 9.59 Å². The topological polar surface area (TPSA) is 107 Å². The summed E-state index contributed by atoms with van der Waals surface area (Å²) in [6, 6.07) is -1.43. The Labute approximate surface area is 115 Å². The van der Waals surface area contributed by atoms with Crippen LogP contribution >= 0.6 is 11.8 Å². The summed E-state index contributed by atoms with van der Waals surface area (Å²) in [6.45, 7) is 3.53. The Morgan fingerprint density at radius 1 is 1.47 bits per heavy atom. The Morgan fingerprint density at radius 2 is 2.16 bits per heavy atom. The summed E-state index contributed by atoms with van der Waals surface area (Å²) in [5, 5.41) is 20.7. The lowest BCUT2D eigenvalue weighted by molar-refractivity contribution is -0.139. The second-order valence-electron chi connectivity index (χ2n) is 4.08. The standard InChI is InChI=1S/C11H18N4O3S/c1-6-9(7(2)15-14-6)13-11(18)12-8(10(16)17)4-5-19-3/h8H,4-5H2,1-3H3,(H,14,15)(H,16,17)(H2,12,13,18). The molecule has 19 heavy (non-hydrogen) atoms. The van der Waals surface area contributed by atoms with Gasteiger partial charge in [-0.3, -0.25) is 5.10 Å². The van der Waals surface area contributed by atoms with Crippen molar-refractivity contribution in [2.45, 2.75) is 26.3 Å². The van der Waals surface area contributed by atoms with Gasteiger partial charge >= 0.3 is 12.0 Å². The number of rotatable bonds is 6. The van der Waals surface area contributed by atoms with Gasteiger partial charge in [-0.25, -0.2) is 9.59 Å². The number of carboxylic acids is 1. The number of aromatic amines is 1. The van der Waals surface area contributed by atoms with Gasteiger partial charge in [0.2, 0.25) is 0 Å². The lowest BCUT2D eigenvalue weighted by atomic mass is 10.2. The van der Waals surface area contributed by atoms with Crippen molar-refractivity contribution in [2.24, 2.45) is 0 Å². The van der Waals surface area contributed by atoms with Gasteiger partial charge in [-0.15, -0.1) is 0 Å². The molecule has 0 radical (unpaired) electrons. The molecule has 1 aromatic heterocycles. The monoisotopic (exact) mass is 286 g/mol. The summed E-state index contributed by atoms with van der Waals surface area (Å²) in [6.07, 6.45) is 2.27. The first kappa shape index (κ1) is 15.4. The van der Waals surface area contributed by atoms with Crippen LogP contribution in [0, 0.1) is 13.8 Å². The molecule has 0 aliphatic carbocycles. The SMILES string of the molecule is CSCCC(NC(=O)Nc1c(C)n[nH]c1C)C(=O)O. The molecule has 0 saturated heterocycles. The third-order valence-corrected chi connectivity index (χ3v) is 3.22. The molecule has 4 N–H and O–H groups in total. The number of carbonyl (C=O) groups excluding carboxylic acids is 1. The molecule has 7 nitrogen and oxygen atoms in total. The Bertz CT molecular complexity index is 441. The molecule has 1 atom stereocenters. The van der Waals surface area contributed by atoms with Crippen molar-refractivity contribution in [3.63, 3.8) is 0 Å². The highest BCUT2D eigenvalue weighted by molar-refractivity contribution is 7.98. The van der Waals surface area contributed by atoms with Gasteiger partial charge in [-0.05, 0) is 32.3 Å². The number of aliphatic carboxylic acids is 1. The summed E-state index contributed by atoms with van der Waals surface area (Å²) < 4.78 is 0. The Morgan fingerprint density at radius 3 is 2.63 bits per heavy atom. The first-order valence-corrected chi connectivity index (χ1v) is 7.16. The Hall–Kier alpha value is -1.70. The molecular weight excluding hydrogens is 268 g/mol. The molecule has 0 spiro atoms. The second-order valence-corrected chi connectivity index (χ2v) is 5.07. The quantitative estimate of drug-likeness (QED) is 0.631. The van der Waals surface area contributed by atoms with Crippen LogP contribution in [0.4, 0.5) is 10.5 Å². The van der Waals surface area contributed by atoms with Crippen LogP contribution in [-0.2, 0) is 4.79 Å². The number of nitrogens with one attached hydrogen (secondary N) is 3. The number of amides is 2. The van der Waals surface area contributed by atoms with E-state index in [1.807, 2.05) is 6.26 Å². The van der Waals surface area contributed by atoms with Crippen molar-refractivity contribution in [1.82, 2.24) is 15.5 Å². The molecule has 0 fully saturated rings. The third kappa shape index (κ3) is 4.47. The van der Waals surface area contributed by atoms with Gasteiger partial charge in [-0.2, -0.15) is 16.9 Å². The number of aryl methyl sites for hydroxylation is 2. The fourth-order valence-corrected chi connectivity index (χ4v) is 2.01. The normalized spacial score (nSPS) is 11.9. The van der Waals surface area contributed by atoms with Gasteiger partial charge in [0.15, 0.2) is 0 Å². The van der Waals surface area contributed by atoms with Gasteiger partial charge in [0.1, 0.15) is 6.04 Å². The van der Waals surface area contributed by atoms with E-state index < -0.39 is 18.0 Å². The minimum absolute atomic E-state index is 0.382. The number of anilines is 1. The van der Waals surface area contributed by atoms with Crippen molar-refractivity contribution < 1.29 is 14.7 Å². The predicted molar refractivity (Wildman–Crippen MR) is 74.6 cm³/mol. The first-order chi connectivity index (χ1) is 8.95. The maximum absolute atomic E-state index is 11.8. The largest absolute Gasteiger partial charge is 0.480 e. The van der Waals surface area contributed by atoms with E-state index in [2.05, 4.69) is 20.8 Å². The van der Waals surface area contributed by atoms with Gasteiger partial charge < -0.3 is 15.7 Å². The lowest BCUT2D eigenvalue weighted by Gasteiger charge is -2.14. The molecule has 8 heteroatoms. The van der Waals surface area contributed by atoms with Crippen molar-refractivity contribution in [2.75, 3.05) is 17.3 Å². The molecule has 0 aromatic carbocycles. The van der Waals surface area contributed by atoms with Crippen LogP contribution in [0.15, 0.2) is 0 Å². The molecule has 0 aliphatic rings. The minimum atomic E-state index is -1.04. The molecule has 2 amide bonds. The molecule has 0 bridgehead atoms. The average Bonchev–Trinajstić information content (AvgIpc) is 2.66. The zero-order chi connectivity index (χ0) is 14.4. The number of hydrogen-bond donors (Lipinski definition) is 4. The third-order valence-electron chi connectivity index (χ3n) is 2.58. The van der Waals surface area contributed by atoms with Crippen molar-refractivity contribution in [3.05, 3.63) is 11.4 Å². The number of H-pyrrole nitrogens is 1. The van der Waals surface area contributed by atoms with E-state index in [1.165, 1.54) is 11.8 Å². The van der Waals surface area contributed by atoms with E-state index in [1.54, 1.807) is 13.8 Å². The van der Waals surface area contributed by atoms with Gasteiger partial charge in [0, 0.05) is 0 Å². The summed E-state index contributed by atoms with van der Waals surface area (Å²) in [5.74, 6) is -0.370. The van der Waals surface area contributed by atoms with E-state index in [0.29, 0.717) is 23.6 Å². The van der Waals surface area contributed by atoms with Crippen LogP contribution in [0.2, 0.25) is 0 Å². The number of thioether (sulfide) groups is 1. The van der Waals surface area contributed by atoms with Crippen LogP contribution in [0.25, 0.3) is 0 Å². The maximum atomic E-state index is 11.8. The molecule has 0 saturated carbocycles. The minimum Gasteiger partial charge on any atom is -0.480 e. The molecule has 1 heterocycles. The van der Waals surface area contributed by atoms with E-state index in [0.717, 1.165) is 5.69 Å². The first-order valence-electron chi connectivity index (χ1n) is 5.76. The van der Waals surface area contributed by atoms with Crippen LogP contribution in [-0.4, -0.2) is 45.4 Å². The number of carboxylic acid groups (broad SMARTS) is 1. The molecule has 0 aliphatic heterocycles. The Kier molecular flexibility index (Phi) is 5.68. The fraction of sp³-hybridized carbons (Fsp3) is 0.545. The second kappa shape index (κ2) is 7.03. The molecule has 1 rings (SSSR count). The van der Waals surface area contributed by atoms with E-state index in [-0.39, 0.29) is 0 Å². The molecule has 1 unspecified atom stereocenters. The highest BCUT2D eigenvalue weighted by Gasteiger charge is 2.20. The van der Waals surface area contributed by atoms with Crippen LogP contribution < -0.4 is 10.6 Å². The predicted octanol–water partition coefficient (Wildman–Crippen LogP) is 1.35. The van der Waals surface area contributed by atoms with Gasteiger partial charge in [0.25, 0.3) is 0 Å². The molecular formula is C11H18N4O3S. The summed E-state index contributed by atoms with van der Waals surface area (Å²) in [5.41, 5.74) is 1.96. The van der Waals surface area contributed by atoms with Crippen molar-refractivity contribution in [1.29, 1.82) is 0 Å². The molecule has 106 valence electrons. The summed E-state index contributed by atoms with van der Waals surface area (Å²) in [4.78, 5) is 22.8. The van der Waals surface area contributed by atoms with Crippen molar-refractivity contribution in [3.8, 4) is 0 Å². The van der Waals surface area contributed by atoms with Gasteiger partial charge in [-0.1, -0.05) is 0 Å². The van der Waals surface area contributed by atoms with E-state index >= 15 is 0 Å². The highest BCUT2D eigenvalue weighted by atomic mass is 32.2. The number of hydrogen-bond acceptors (Lipinski definition) is 4. The van der Waals surface area contributed by atoms with Crippen LogP contribution in [0.5, 0.6) is 0 Å². The zero-order valence-electron chi connectivity index (χ0n) is 11.1. The number of aromatic nitrogens is 2. The van der Waals surface area contributed by atoms with Gasteiger partial charge in [0.05, 0.1) is 17.1 Å². The average molecular weight is 286 g/mol. The maximum Gasteiger partial charge on any atom is 0.326 e. The van der Waals surface area contributed by atoms with Crippen LogP contribution in [0.3, 0.4) is 0 Å². The number of nitrogens with zero attached hydrogens (tertiary/aromatic N) is 1. The summed E-state index contributed by atoms with van der Waals surface area (Å²) in [7, 11) is 0. The Balaban J connectivity index is 2.60. The molecule has 1 aromatic rings. The lowest BCUT2D eigenvalue weighted by Crippen LogP contribution is -2.43.